The summed E-state index contributed by atoms with van der Waals surface area (Å²) in [5.41, 5.74) is 1.03. The average molecular weight is 213 g/mol. The SMILES string of the molecule is Cn1cc(C2NC(C(=O)O)CS2)cn1. The lowest BCUT2D eigenvalue weighted by atomic mass is 10.3. The molecule has 2 atom stereocenters. The van der Waals surface area contributed by atoms with Gasteiger partial charge in [0, 0.05) is 24.6 Å². The molecule has 0 amide bonds. The van der Waals surface area contributed by atoms with Crippen LogP contribution < -0.4 is 5.32 Å². The quantitative estimate of drug-likeness (QED) is 0.735. The molecular formula is C8H11N3O2S. The van der Waals surface area contributed by atoms with Gasteiger partial charge in [-0.3, -0.25) is 14.8 Å². The number of rotatable bonds is 2. The standard InChI is InChI=1S/C8H11N3O2S/c1-11-3-5(2-9-11)7-10-6(4-14-7)8(12)13/h2-3,6-7,10H,4H2,1H3,(H,12,13). The monoisotopic (exact) mass is 213 g/mol. The van der Waals surface area contributed by atoms with E-state index in [1.54, 1.807) is 22.6 Å². The molecule has 1 aromatic rings. The fourth-order valence-corrected chi connectivity index (χ4v) is 2.58. The van der Waals surface area contributed by atoms with E-state index in [1.807, 2.05) is 13.2 Å². The van der Waals surface area contributed by atoms with Crippen molar-refractivity contribution in [2.75, 3.05) is 5.75 Å². The van der Waals surface area contributed by atoms with Gasteiger partial charge < -0.3 is 5.11 Å². The van der Waals surface area contributed by atoms with Crippen LogP contribution in [0.1, 0.15) is 10.9 Å². The highest BCUT2D eigenvalue weighted by atomic mass is 32.2. The molecule has 5 nitrogen and oxygen atoms in total. The molecule has 2 N–H and O–H groups in total. The van der Waals surface area contributed by atoms with E-state index in [0.717, 1.165) is 5.56 Å². The third-order valence-corrected chi connectivity index (χ3v) is 3.38. The third kappa shape index (κ3) is 1.76. The van der Waals surface area contributed by atoms with Crippen LogP contribution in [0.25, 0.3) is 0 Å². The largest absolute Gasteiger partial charge is 0.480 e. The van der Waals surface area contributed by atoms with Crippen molar-refractivity contribution in [3.63, 3.8) is 0 Å². The summed E-state index contributed by atoms with van der Waals surface area (Å²) in [6.45, 7) is 0. The number of thioether (sulfide) groups is 1. The number of carbonyl (C=O) groups is 1. The van der Waals surface area contributed by atoms with Crippen LogP contribution in [-0.4, -0.2) is 32.7 Å². The molecule has 1 fully saturated rings. The van der Waals surface area contributed by atoms with Crippen LogP contribution in [-0.2, 0) is 11.8 Å². The van der Waals surface area contributed by atoms with E-state index >= 15 is 0 Å². The Balaban J connectivity index is 2.05. The summed E-state index contributed by atoms with van der Waals surface area (Å²) in [5.74, 6) is -0.182. The predicted octanol–water partition coefficient (Wildman–Crippen LogP) is 0.208. The fourth-order valence-electron chi connectivity index (χ4n) is 1.38. The van der Waals surface area contributed by atoms with Gasteiger partial charge in [-0.05, 0) is 0 Å². The number of aryl methyl sites for hydroxylation is 1. The van der Waals surface area contributed by atoms with Gasteiger partial charge in [-0.15, -0.1) is 11.8 Å². The van der Waals surface area contributed by atoms with Crippen molar-refractivity contribution in [1.82, 2.24) is 15.1 Å². The summed E-state index contributed by atoms with van der Waals surface area (Å²) in [4.78, 5) is 10.7. The molecule has 1 aliphatic rings. The first-order valence-corrected chi connectivity index (χ1v) is 5.30. The topological polar surface area (TPSA) is 67.2 Å². The first-order valence-electron chi connectivity index (χ1n) is 4.26. The van der Waals surface area contributed by atoms with E-state index in [0.29, 0.717) is 5.75 Å². The third-order valence-electron chi connectivity index (χ3n) is 2.11. The van der Waals surface area contributed by atoms with Crippen LogP contribution in [0.5, 0.6) is 0 Å². The van der Waals surface area contributed by atoms with Gasteiger partial charge in [0.05, 0.1) is 11.6 Å². The van der Waals surface area contributed by atoms with E-state index in [9.17, 15) is 4.79 Å². The molecule has 0 aromatic carbocycles. The van der Waals surface area contributed by atoms with Crippen molar-refractivity contribution in [3.05, 3.63) is 18.0 Å². The Morgan fingerprint density at radius 2 is 2.64 bits per heavy atom. The fraction of sp³-hybridized carbons (Fsp3) is 0.500. The summed E-state index contributed by atoms with van der Waals surface area (Å²) in [5, 5.41) is 15.9. The molecule has 1 aliphatic heterocycles. The maximum Gasteiger partial charge on any atom is 0.321 e. The zero-order valence-corrected chi connectivity index (χ0v) is 8.49. The molecule has 1 saturated heterocycles. The summed E-state index contributed by atoms with van der Waals surface area (Å²) < 4.78 is 1.71. The molecule has 0 radical (unpaired) electrons. The summed E-state index contributed by atoms with van der Waals surface area (Å²) >= 11 is 1.60. The lowest BCUT2D eigenvalue weighted by molar-refractivity contribution is -0.138. The normalized spacial score (nSPS) is 26.6. The second-order valence-corrected chi connectivity index (χ2v) is 4.36. The Morgan fingerprint density at radius 3 is 3.14 bits per heavy atom. The van der Waals surface area contributed by atoms with Gasteiger partial charge in [0.2, 0.25) is 0 Å². The van der Waals surface area contributed by atoms with Crippen LogP contribution >= 0.6 is 11.8 Å². The van der Waals surface area contributed by atoms with Crippen LogP contribution in [0.2, 0.25) is 0 Å². The van der Waals surface area contributed by atoms with E-state index in [4.69, 9.17) is 5.11 Å². The maximum absolute atomic E-state index is 10.7. The molecule has 0 bridgehead atoms. The Morgan fingerprint density at radius 1 is 1.86 bits per heavy atom. The molecule has 2 rings (SSSR count). The lowest BCUT2D eigenvalue weighted by Gasteiger charge is -2.07. The minimum Gasteiger partial charge on any atom is -0.480 e. The lowest BCUT2D eigenvalue weighted by Crippen LogP contribution is -2.33. The van der Waals surface area contributed by atoms with Gasteiger partial charge >= 0.3 is 5.97 Å². The molecule has 0 spiro atoms. The predicted molar refractivity (Wildman–Crippen MR) is 53.0 cm³/mol. The smallest absolute Gasteiger partial charge is 0.321 e. The van der Waals surface area contributed by atoms with Crippen molar-refractivity contribution >= 4 is 17.7 Å². The highest BCUT2D eigenvalue weighted by molar-refractivity contribution is 7.99. The molecule has 0 aliphatic carbocycles. The number of nitrogens with one attached hydrogen (secondary N) is 1. The van der Waals surface area contributed by atoms with Crippen molar-refractivity contribution in [2.24, 2.45) is 7.05 Å². The van der Waals surface area contributed by atoms with Gasteiger partial charge in [0.1, 0.15) is 6.04 Å². The summed E-state index contributed by atoms with van der Waals surface area (Å²) in [7, 11) is 1.85. The number of nitrogens with zero attached hydrogens (tertiary/aromatic N) is 2. The van der Waals surface area contributed by atoms with Crippen molar-refractivity contribution in [1.29, 1.82) is 0 Å². The number of hydrogen-bond acceptors (Lipinski definition) is 4. The summed E-state index contributed by atoms with van der Waals surface area (Å²) in [6, 6.07) is -0.440. The van der Waals surface area contributed by atoms with Gasteiger partial charge in [0.25, 0.3) is 0 Å². The van der Waals surface area contributed by atoms with E-state index in [-0.39, 0.29) is 5.37 Å². The molecule has 14 heavy (non-hydrogen) atoms. The maximum atomic E-state index is 10.7. The zero-order valence-electron chi connectivity index (χ0n) is 7.67. The van der Waals surface area contributed by atoms with Gasteiger partial charge in [-0.1, -0.05) is 0 Å². The number of carboxylic acids is 1. The zero-order chi connectivity index (χ0) is 10.1. The van der Waals surface area contributed by atoms with Crippen molar-refractivity contribution in [3.8, 4) is 0 Å². The van der Waals surface area contributed by atoms with Crippen LogP contribution in [0.15, 0.2) is 12.4 Å². The Kier molecular flexibility index (Phi) is 2.47. The second-order valence-electron chi connectivity index (χ2n) is 3.22. The highest BCUT2D eigenvalue weighted by Gasteiger charge is 2.30. The molecule has 0 saturated carbocycles. The molecule has 6 heteroatoms. The molecular weight excluding hydrogens is 202 g/mol. The van der Waals surface area contributed by atoms with E-state index in [1.165, 1.54) is 0 Å². The first-order chi connectivity index (χ1) is 6.66. The van der Waals surface area contributed by atoms with Crippen LogP contribution in [0.3, 0.4) is 0 Å². The first kappa shape index (κ1) is 9.54. The average Bonchev–Trinajstić information content (AvgIpc) is 2.70. The Hall–Kier alpha value is -1.01. The summed E-state index contributed by atoms with van der Waals surface area (Å²) in [6.07, 6.45) is 3.66. The van der Waals surface area contributed by atoms with E-state index in [2.05, 4.69) is 10.4 Å². The van der Waals surface area contributed by atoms with Crippen LogP contribution in [0.4, 0.5) is 0 Å². The minimum atomic E-state index is -0.788. The van der Waals surface area contributed by atoms with Gasteiger partial charge in [0.15, 0.2) is 0 Å². The van der Waals surface area contributed by atoms with Crippen molar-refractivity contribution in [2.45, 2.75) is 11.4 Å². The number of aromatic nitrogens is 2. The van der Waals surface area contributed by atoms with E-state index < -0.39 is 12.0 Å². The Bertz CT molecular complexity index is 352. The van der Waals surface area contributed by atoms with Crippen LogP contribution in [0, 0.1) is 0 Å². The molecule has 2 unspecified atom stereocenters. The van der Waals surface area contributed by atoms with Gasteiger partial charge in [-0.2, -0.15) is 5.10 Å². The number of aliphatic carboxylic acids is 1. The molecule has 1 aromatic heterocycles. The Labute approximate surface area is 85.5 Å². The van der Waals surface area contributed by atoms with Crippen molar-refractivity contribution < 1.29 is 9.90 Å². The highest BCUT2D eigenvalue weighted by Crippen LogP contribution is 2.32. The molecule has 76 valence electrons. The number of hydrogen-bond donors (Lipinski definition) is 2. The number of carboxylic acid groups (broad SMARTS) is 1. The molecule has 2 heterocycles. The second kappa shape index (κ2) is 3.62. The van der Waals surface area contributed by atoms with Gasteiger partial charge in [-0.25, -0.2) is 0 Å². The minimum absolute atomic E-state index is 0.0600.